The number of halogens is 1. The minimum Gasteiger partial charge on any atom is -0.504 e. The van der Waals surface area contributed by atoms with Crippen molar-refractivity contribution in [2.75, 3.05) is 13.7 Å². The molecular weight excluding hydrogens is 352 g/mol. The number of hydrogen-bond donors (Lipinski definition) is 1. The number of benzene rings is 2. The molecule has 1 N–H and O–H groups in total. The molecule has 0 saturated heterocycles. The van der Waals surface area contributed by atoms with E-state index in [2.05, 4.69) is 15.9 Å². The Bertz CT molecular complexity index is 694. The van der Waals surface area contributed by atoms with Gasteiger partial charge < -0.3 is 14.6 Å². The fourth-order valence-electron chi connectivity index (χ4n) is 1.78. The summed E-state index contributed by atoms with van der Waals surface area (Å²) in [5.74, 6) is -1.27. The van der Waals surface area contributed by atoms with Gasteiger partial charge in [-0.15, -0.1) is 0 Å². The Balaban J connectivity index is 2.04. The maximum absolute atomic E-state index is 11.9. The minimum atomic E-state index is -0.790. The highest BCUT2D eigenvalue weighted by atomic mass is 79.9. The maximum Gasteiger partial charge on any atom is 0.342 e. The molecule has 0 heterocycles. The van der Waals surface area contributed by atoms with Crippen LogP contribution in [0.2, 0.25) is 0 Å². The first-order valence-corrected chi connectivity index (χ1v) is 7.14. The van der Waals surface area contributed by atoms with Gasteiger partial charge in [-0.3, -0.25) is 4.79 Å². The predicted molar refractivity (Wildman–Crippen MR) is 83.4 cm³/mol. The van der Waals surface area contributed by atoms with Crippen molar-refractivity contribution in [2.45, 2.75) is 0 Å². The van der Waals surface area contributed by atoms with Crippen LogP contribution >= 0.6 is 15.9 Å². The van der Waals surface area contributed by atoms with Crippen LogP contribution in [-0.2, 0) is 4.74 Å². The lowest BCUT2D eigenvalue weighted by Crippen LogP contribution is -2.14. The zero-order chi connectivity index (χ0) is 16.1. The molecule has 0 unspecified atom stereocenters. The summed E-state index contributed by atoms with van der Waals surface area (Å²) in [4.78, 5) is 23.8. The normalized spacial score (nSPS) is 10.1. The second-order valence-corrected chi connectivity index (χ2v) is 5.28. The molecule has 0 atom stereocenters. The summed E-state index contributed by atoms with van der Waals surface area (Å²) in [5.41, 5.74) is 0.383. The van der Waals surface area contributed by atoms with Gasteiger partial charge in [0.15, 0.2) is 23.9 Å². The van der Waals surface area contributed by atoms with E-state index in [1.165, 1.54) is 19.2 Å². The van der Waals surface area contributed by atoms with Crippen LogP contribution in [0.25, 0.3) is 0 Å². The molecule has 2 aromatic carbocycles. The van der Waals surface area contributed by atoms with E-state index in [9.17, 15) is 14.7 Å². The third-order valence-electron chi connectivity index (χ3n) is 2.94. The monoisotopic (exact) mass is 364 g/mol. The van der Waals surface area contributed by atoms with Gasteiger partial charge in [-0.1, -0.05) is 34.1 Å². The molecule has 0 fully saturated rings. The van der Waals surface area contributed by atoms with Crippen LogP contribution in [0, 0.1) is 0 Å². The standard InChI is InChI=1S/C16H13BrO5/c1-21-14-4-2-3-12(15(14)19)16(20)22-9-13(18)10-5-7-11(17)8-6-10/h2-8,19H,9H2,1H3. The molecule has 0 aromatic heterocycles. The average molecular weight is 365 g/mol. The van der Waals surface area contributed by atoms with Gasteiger partial charge in [-0.2, -0.15) is 0 Å². The van der Waals surface area contributed by atoms with E-state index in [1.807, 2.05) is 0 Å². The van der Waals surface area contributed by atoms with E-state index in [0.29, 0.717) is 5.56 Å². The lowest BCUT2D eigenvalue weighted by atomic mass is 10.1. The molecule has 0 aliphatic rings. The van der Waals surface area contributed by atoms with E-state index in [-0.39, 0.29) is 22.8 Å². The zero-order valence-corrected chi connectivity index (χ0v) is 13.3. The molecule has 6 heteroatoms. The summed E-state index contributed by atoms with van der Waals surface area (Å²) < 4.78 is 10.7. The highest BCUT2D eigenvalue weighted by molar-refractivity contribution is 9.10. The number of Topliss-reactive ketones (excluding diaryl/α,β-unsaturated/α-hetero) is 1. The molecule has 22 heavy (non-hydrogen) atoms. The van der Waals surface area contributed by atoms with E-state index in [4.69, 9.17) is 9.47 Å². The third-order valence-corrected chi connectivity index (χ3v) is 3.47. The Morgan fingerprint density at radius 1 is 1.14 bits per heavy atom. The zero-order valence-electron chi connectivity index (χ0n) is 11.7. The molecule has 2 aromatic rings. The average Bonchev–Trinajstić information content (AvgIpc) is 2.53. The Hall–Kier alpha value is -2.34. The van der Waals surface area contributed by atoms with Crippen LogP contribution < -0.4 is 4.74 Å². The molecule has 0 radical (unpaired) electrons. The smallest absolute Gasteiger partial charge is 0.342 e. The Morgan fingerprint density at radius 3 is 2.45 bits per heavy atom. The second kappa shape index (κ2) is 7.09. The number of methoxy groups -OCH3 is 1. The van der Waals surface area contributed by atoms with Gasteiger partial charge in [-0.05, 0) is 24.3 Å². The minimum absolute atomic E-state index is 0.0528. The summed E-state index contributed by atoms with van der Waals surface area (Å²) >= 11 is 3.27. The van der Waals surface area contributed by atoms with Gasteiger partial charge in [0.2, 0.25) is 0 Å². The van der Waals surface area contributed by atoms with Crippen LogP contribution in [0.15, 0.2) is 46.9 Å². The fourth-order valence-corrected chi connectivity index (χ4v) is 2.04. The molecular formula is C16H13BrO5. The largest absolute Gasteiger partial charge is 0.504 e. The molecule has 0 saturated carbocycles. The number of esters is 1. The van der Waals surface area contributed by atoms with Gasteiger partial charge in [-0.25, -0.2) is 4.79 Å². The molecule has 0 amide bonds. The molecule has 0 bridgehead atoms. The van der Waals surface area contributed by atoms with Crippen molar-refractivity contribution in [1.29, 1.82) is 0 Å². The molecule has 2 rings (SSSR count). The van der Waals surface area contributed by atoms with Crippen LogP contribution in [0.4, 0.5) is 0 Å². The van der Waals surface area contributed by atoms with Crippen LogP contribution in [-0.4, -0.2) is 30.6 Å². The van der Waals surface area contributed by atoms with Crippen LogP contribution in [0.1, 0.15) is 20.7 Å². The molecule has 0 aliphatic carbocycles. The first kappa shape index (κ1) is 16.0. The van der Waals surface area contributed by atoms with Crippen molar-refractivity contribution in [1.82, 2.24) is 0 Å². The Kier molecular flexibility index (Phi) is 5.16. The highest BCUT2D eigenvalue weighted by Gasteiger charge is 2.17. The highest BCUT2D eigenvalue weighted by Crippen LogP contribution is 2.29. The van der Waals surface area contributed by atoms with E-state index in [1.54, 1.807) is 30.3 Å². The summed E-state index contributed by atoms with van der Waals surface area (Å²) in [6.45, 7) is -0.406. The van der Waals surface area contributed by atoms with Crippen molar-refractivity contribution in [3.8, 4) is 11.5 Å². The number of hydrogen-bond acceptors (Lipinski definition) is 5. The lowest BCUT2D eigenvalue weighted by Gasteiger charge is -2.08. The maximum atomic E-state index is 11.9. The number of ketones is 1. The first-order chi connectivity index (χ1) is 10.5. The third kappa shape index (κ3) is 3.65. The van der Waals surface area contributed by atoms with E-state index in [0.717, 1.165) is 4.47 Å². The van der Waals surface area contributed by atoms with E-state index < -0.39 is 12.6 Å². The number of rotatable bonds is 5. The van der Waals surface area contributed by atoms with Gasteiger partial charge >= 0.3 is 5.97 Å². The van der Waals surface area contributed by atoms with Crippen LogP contribution in [0.3, 0.4) is 0 Å². The fraction of sp³-hybridized carbons (Fsp3) is 0.125. The number of phenols is 1. The molecule has 5 nitrogen and oxygen atoms in total. The number of carbonyl (C=O) groups is 2. The summed E-state index contributed by atoms with van der Waals surface area (Å²) in [5, 5.41) is 9.86. The molecule has 0 aliphatic heterocycles. The van der Waals surface area contributed by atoms with Crippen LogP contribution in [0.5, 0.6) is 11.5 Å². The van der Waals surface area contributed by atoms with Crippen molar-refractivity contribution in [3.63, 3.8) is 0 Å². The van der Waals surface area contributed by atoms with E-state index >= 15 is 0 Å². The topological polar surface area (TPSA) is 72.8 Å². The number of carbonyl (C=O) groups excluding carboxylic acids is 2. The quantitative estimate of drug-likeness (QED) is 0.651. The van der Waals surface area contributed by atoms with Gasteiger partial charge in [0.05, 0.1) is 7.11 Å². The van der Waals surface area contributed by atoms with Crippen molar-refractivity contribution in [2.24, 2.45) is 0 Å². The SMILES string of the molecule is COc1cccc(C(=O)OCC(=O)c2ccc(Br)cc2)c1O. The van der Waals surface area contributed by atoms with Crippen molar-refractivity contribution >= 4 is 27.7 Å². The number of aromatic hydroxyl groups is 1. The summed E-state index contributed by atoms with van der Waals surface area (Å²) in [6, 6.07) is 11.2. The predicted octanol–water partition coefficient (Wildman–Crippen LogP) is 3.20. The number of ether oxygens (including phenoxy) is 2. The number of para-hydroxylation sites is 1. The second-order valence-electron chi connectivity index (χ2n) is 4.36. The first-order valence-electron chi connectivity index (χ1n) is 6.34. The lowest BCUT2D eigenvalue weighted by molar-refractivity contribution is 0.0471. The Morgan fingerprint density at radius 2 is 1.82 bits per heavy atom. The summed E-state index contributed by atoms with van der Waals surface area (Å²) in [6.07, 6.45) is 0. The number of phenolic OH excluding ortho intramolecular Hbond substituents is 1. The van der Waals surface area contributed by atoms with Gasteiger partial charge in [0.25, 0.3) is 0 Å². The molecule has 0 spiro atoms. The molecule has 114 valence electrons. The van der Waals surface area contributed by atoms with Crippen molar-refractivity contribution < 1.29 is 24.2 Å². The Labute approximate surface area is 135 Å². The summed E-state index contributed by atoms with van der Waals surface area (Å²) in [7, 11) is 1.38. The van der Waals surface area contributed by atoms with Crippen molar-refractivity contribution in [3.05, 3.63) is 58.1 Å². The van der Waals surface area contributed by atoms with Gasteiger partial charge in [0.1, 0.15) is 5.56 Å². The van der Waals surface area contributed by atoms with Gasteiger partial charge in [0, 0.05) is 10.0 Å².